The van der Waals surface area contributed by atoms with Gasteiger partial charge in [-0.15, -0.1) is 0 Å². The molecule has 0 atom stereocenters. The van der Waals surface area contributed by atoms with Gasteiger partial charge in [-0.2, -0.15) is 26.3 Å². The minimum Gasteiger partial charge on any atom is -0.465 e. The number of benzene rings is 2. The first-order chi connectivity index (χ1) is 13.3. The number of hydrogen-bond acceptors (Lipinski definition) is 5. The van der Waals surface area contributed by atoms with Gasteiger partial charge in [-0.25, -0.2) is 4.79 Å². The second kappa shape index (κ2) is 7.78. The topological polar surface area (TPSA) is 78.7 Å². The van der Waals surface area contributed by atoms with Gasteiger partial charge < -0.3 is 9.47 Å². The van der Waals surface area contributed by atoms with E-state index >= 15 is 0 Å². The van der Waals surface area contributed by atoms with E-state index in [-0.39, 0.29) is 6.07 Å². The van der Waals surface area contributed by atoms with Crippen LogP contribution in [0.5, 0.6) is 11.5 Å². The lowest BCUT2D eigenvalue weighted by atomic mass is 10.1. The third-order valence-corrected chi connectivity index (χ3v) is 3.88. The van der Waals surface area contributed by atoms with E-state index < -0.39 is 62.1 Å². The molecule has 0 saturated carbocycles. The van der Waals surface area contributed by atoms with Gasteiger partial charge in [-0.3, -0.25) is 10.1 Å². The molecule has 0 N–H and O–H groups in total. The lowest BCUT2D eigenvalue weighted by Crippen LogP contribution is -2.12. The molecule has 0 aliphatic carbocycles. The first-order valence-electron chi connectivity index (χ1n) is 7.29. The molecular weight excluding hydrogens is 436 g/mol. The van der Waals surface area contributed by atoms with Crippen molar-refractivity contribution in [3.63, 3.8) is 0 Å². The van der Waals surface area contributed by atoms with E-state index in [2.05, 4.69) is 4.74 Å². The Hall–Kier alpha value is -3.02. The molecule has 0 unspecified atom stereocenters. The van der Waals surface area contributed by atoms with Gasteiger partial charge in [0, 0.05) is 12.1 Å². The van der Waals surface area contributed by atoms with Crippen molar-refractivity contribution in [3.8, 4) is 11.5 Å². The van der Waals surface area contributed by atoms with Gasteiger partial charge in [0.25, 0.3) is 5.69 Å². The fourth-order valence-electron chi connectivity index (χ4n) is 2.23. The van der Waals surface area contributed by atoms with Crippen LogP contribution in [-0.2, 0) is 17.1 Å². The van der Waals surface area contributed by atoms with Crippen LogP contribution in [0.15, 0.2) is 30.3 Å². The van der Waals surface area contributed by atoms with Gasteiger partial charge in [0.15, 0.2) is 0 Å². The van der Waals surface area contributed by atoms with Crippen molar-refractivity contribution in [1.82, 2.24) is 0 Å². The summed E-state index contributed by atoms with van der Waals surface area (Å²) in [6.07, 6.45) is -10.1. The molecule has 2 aromatic rings. The van der Waals surface area contributed by atoms with Gasteiger partial charge in [0.05, 0.1) is 22.6 Å². The second-order valence-electron chi connectivity index (χ2n) is 5.33. The van der Waals surface area contributed by atoms with E-state index in [1.165, 1.54) is 0 Å². The molecule has 0 fully saturated rings. The Kier molecular flexibility index (Phi) is 5.97. The molecule has 0 amide bonds. The standard InChI is InChI=1S/C16H8ClF6NO5/c1-28-14(25)7-5-12(9(16(21,22)23)6-10(7)24(26)27)29-11-4-2-3-8(13(11)17)15(18,19)20/h2-6H,1H3. The number of alkyl halides is 6. The average molecular weight is 444 g/mol. The van der Waals surface area contributed by atoms with Crippen molar-refractivity contribution in [2.45, 2.75) is 12.4 Å². The third-order valence-electron chi connectivity index (χ3n) is 3.49. The summed E-state index contributed by atoms with van der Waals surface area (Å²) in [5.41, 5.74) is -5.21. The maximum Gasteiger partial charge on any atom is 0.420 e. The minimum atomic E-state index is -5.21. The maximum atomic E-state index is 13.3. The van der Waals surface area contributed by atoms with Gasteiger partial charge >= 0.3 is 18.3 Å². The monoisotopic (exact) mass is 443 g/mol. The fourth-order valence-corrected chi connectivity index (χ4v) is 2.50. The molecule has 2 rings (SSSR count). The largest absolute Gasteiger partial charge is 0.465 e. The van der Waals surface area contributed by atoms with Crippen LogP contribution < -0.4 is 4.74 Å². The fraction of sp³-hybridized carbons (Fsp3) is 0.188. The van der Waals surface area contributed by atoms with Crippen molar-refractivity contribution in [3.05, 3.63) is 62.2 Å². The quantitative estimate of drug-likeness (QED) is 0.256. The lowest BCUT2D eigenvalue weighted by Gasteiger charge is -2.17. The number of halogens is 7. The number of nitro benzene ring substituents is 1. The van der Waals surface area contributed by atoms with E-state index in [4.69, 9.17) is 16.3 Å². The van der Waals surface area contributed by atoms with Gasteiger partial charge in [-0.1, -0.05) is 17.7 Å². The predicted octanol–water partition coefficient (Wildman–Crippen LogP) is 5.86. The molecule has 0 aliphatic heterocycles. The van der Waals surface area contributed by atoms with Crippen molar-refractivity contribution < 1.29 is 45.5 Å². The van der Waals surface area contributed by atoms with Crippen LogP contribution in [0.2, 0.25) is 5.02 Å². The minimum absolute atomic E-state index is 0.0170. The number of rotatable bonds is 4. The molecule has 0 saturated heterocycles. The first kappa shape index (κ1) is 22.3. The van der Waals surface area contributed by atoms with E-state index in [0.717, 1.165) is 19.2 Å². The first-order valence-corrected chi connectivity index (χ1v) is 7.66. The number of hydrogen-bond donors (Lipinski definition) is 0. The molecule has 29 heavy (non-hydrogen) atoms. The predicted molar refractivity (Wildman–Crippen MR) is 86.0 cm³/mol. The van der Waals surface area contributed by atoms with Crippen LogP contribution in [-0.4, -0.2) is 18.0 Å². The summed E-state index contributed by atoms with van der Waals surface area (Å²) in [6.45, 7) is 0. The Morgan fingerprint density at radius 2 is 1.62 bits per heavy atom. The molecule has 0 bridgehead atoms. The molecule has 0 spiro atoms. The van der Waals surface area contributed by atoms with E-state index in [1.54, 1.807) is 0 Å². The number of ether oxygens (including phenoxy) is 2. The Morgan fingerprint density at radius 1 is 1.03 bits per heavy atom. The highest BCUT2D eigenvalue weighted by atomic mass is 35.5. The zero-order valence-corrected chi connectivity index (χ0v) is 14.8. The molecule has 0 heterocycles. The summed E-state index contributed by atoms with van der Waals surface area (Å²) in [5, 5.41) is 10.0. The lowest BCUT2D eigenvalue weighted by molar-refractivity contribution is -0.385. The van der Waals surface area contributed by atoms with Crippen LogP contribution in [0.3, 0.4) is 0 Å². The molecule has 0 aliphatic rings. The summed E-state index contributed by atoms with van der Waals surface area (Å²) in [6, 6.07) is 2.64. The number of carbonyl (C=O) groups excluding carboxylic acids is 1. The van der Waals surface area contributed by atoms with Crippen LogP contribution in [0.4, 0.5) is 32.0 Å². The Morgan fingerprint density at radius 3 is 2.10 bits per heavy atom. The van der Waals surface area contributed by atoms with Crippen LogP contribution in [0.1, 0.15) is 21.5 Å². The Labute approximate surface area is 162 Å². The Balaban J connectivity index is 2.72. The molecule has 13 heteroatoms. The summed E-state index contributed by atoms with van der Waals surface area (Å²) >= 11 is 5.60. The third kappa shape index (κ3) is 4.70. The van der Waals surface area contributed by atoms with Crippen molar-refractivity contribution >= 4 is 23.3 Å². The van der Waals surface area contributed by atoms with Gasteiger partial charge in [0.2, 0.25) is 0 Å². The van der Waals surface area contributed by atoms with Crippen LogP contribution in [0, 0.1) is 10.1 Å². The Bertz CT molecular complexity index is 973. The summed E-state index contributed by atoms with van der Waals surface area (Å²) in [4.78, 5) is 21.5. The number of carbonyl (C=O) groups is 1. The van der Waals surface area contributed by atoms with Crippen molar-refractivity contribution in [2.24, 2.45) is 0 Å². The van der Waals surface area contributed by atoms with E-state index in [9.17, 15) is 41.3 Å². The highest BCUT2D eigenvalue weighted by molar-refractivity contribution is 6.33. The van der Waals surface area contributed by atoms with E-state index in [1.807, 2.05) is 0 Å². The number of nitro groups is 1. The normalized spacial score (nSPS) is 11.9. The molecule has 0 radical (unpaired) electrons. The van der Waals surface area contributed by atoms with Crippen LogP contribution in [0.25, 0.3) is 0 Å². The molecule has 156 valence electrons. The average Bonchev–Trinajstić information content (AvgIpc) is 2.60. The maximum absolute atomic E-state index is 13.3. The van der Waals surface area contributed by atoms with Gasteiger partial charge in [-0.05, 0) is 12.1 Å². The highest BCUT2D eigenvalue weighted by Crippen LogP contribution is 2.45. The zero-order chi connectivity index (χ0) is 22.1. The molecule has 2 aromatic carbocycles. The SMILES string of the molecule is COC(=O)c1cc(Oc2cccc(C(F)(F)F)c2Cl)c(C(F)(F)F)cc1[N+](=O)[O-]. The van der Waals surface area contributed by atoms with Crippen molar-refractivity contribution in [2.75, 3.05) is 7.11 Å². The summed E-state index contributed by atoms with van der Waals surface area (Å²) in [7, 11) is 0.827. The second-order valence-corrected chi connectivity index (χ2v) is 5.71. The van der Waals surface area contributed by atoms with E-state index in [0.29, 0.717) is 12.1 Å². The molecule has 0 aromatic heterocycles. The summed E-state index contributed by atoms with van der Waals surface area (Å²) in [5.74, 6) is -3.34. The summed E-state index contributed by atoms with van der Waals surface area (Å²) < 4.78 is 88.0. The molecule has 6 nitrogen and oxygen atoms in total. The molecular formula is C16H8ClF6NO5. The number of esters is 1. The number of methoxy groups -OCH3 is 1. The highest BCUT2D eigenvalue weighted by Gasteiger charge is 2.39. The number of nitrogens with zero attached hydrogens (tertiary/aromatic N) is 1. The van der Waals surface area contributed by atoms with Crippen LogP contribution >= 0.6 is 11.6 Å². The van der Waals surface area contributed by atoms with Gasteiger partial charge in [0.1, 0.15) is 22.6 Å². The smallest absolute Gasteiger partial charge is 0.420 e. The van der Waals surface area contributed by atoms with Crippen molar-refractivity contribution in [1.29, 1.82) is 0 Å². The zero-order valence-electron chi connectivity index (χ0n) is 14.0.